The Bertz CT molecular complexity index is 628. The Balaban J connectivity index is 0.00000242. The van der Waals surface area contributed by atoms with Crippen molar-refractivity contribution in [2.24, 2.45) is 5.73 Å². The maximum Gasteiger partial charge on any atom is 0.220 e. The zero-order valence-corrected chi connectivity index (χ0v) is 15.4. The van der Waals surface area contributed by atoms with Crippen LogP contribution in [0.25, 0.3) is 11.0 Å². The highest BCUT2D eigenvalue weighted by Gasteiger charge is 2.17. The van der Waals surface area contributed by atoms with Gasteiger partial charge in [0.2, 0.25) is 5.91 Å². The normalized spacial score (nSPS) is 12.9. The van der Waals surface area contributed by atoms with Gasteiger partial charge in [-0.1, -0.05) is 12.1 Å². The van der Waals surface area contributed by atoms with E-state index in [0.717, 1.165) is 23.4 Å². The molecular formula is C16H26Cl2N4O. The fraction of sp³-hybridized carbons (Fsp3) is 0.500. The number of hydrogen-bond donors (Lipinski definition) is 2. The van der Waals surface area contributed by atoms with E-state index in [1.807, 2.05) is 32.0 Å². The van der Waals surface area contributed by atoms with E-state index in [0.29, 0.717) is 12.8 Å². The number of aromatic nitrogens is 2. The van der Waals surface area contributed by atoms with Gasteiger partial charge in [-0.2, -0.15) is 0 Å². The molecule has 2 aromatic rings. The van der Waals surface area contributed by atoms with Gasteiger partial charge < -0.3 is 15.6 Å². The van der Waals surface area contributed by atoms with Crippen molar-refractivity contribution in [3.63, 3.8) is 0 Å². The van der Waals surface area contributed by atoms with Crippen molar-refractivity contribution in [2.45, 2.75) is 52.2 Å². The second kappa shape index (κ2) is 9.75. The van der Waals surface area contributed by atoms with Crippen LogP contribution in [0.3, 0.4) is 0 Å². The second-order valence-corrected chi connectivity index (χ2v) is 5.51. The molecule has 2 unspecified atom stereocenters. The number of amides is 1. The summed E-state index contributed by atoms with van der Waals surface area (Å²) in [5.41, 5.74) is 7.75. The third-order valence-electron chi connectivity index (χ3n) is 3.59. The van der Waals surface area contributed by atoms with Crippen molar-refractivity contribution >= 4 is 41.8 Å². The number of nitrogens with one attached hydrogen (secondary N) is 1. The van der Waals surface area contributed by atoms with Crippen molar-refractivity contribution < 1.29 is 4.79 Å². The first-order chi connectivity index (χ1) is 10.0. The molecule has 1 aromatic carbocycles. The van der Waals surface area contributed by atoms with Crippen molar-refractivity contribution in [3.05, 3.63) is 30.1 Å². The zero-order chi connectivity index (χ0) is 15.4. The highest BCUT2D eigenvalue weighted by atomic mass is 35.5. The average molecular weight is 361 g/mol. The lowest BCUT2D eigenvalue weighted by atomic mass is 10.2. The molecule has 23 heavy (non-hydrogen) atoms. The van der Waals surface area contributed by atoms with Gasteiger partial charge in [0.05, 0.1) is 17.1 Å². The standard InChI is InChI=1S/C16H24N4O.2ClH/c1-4-20-14-8-6-5-7-13(14)19-16(20)12(3)18-15(21)10-9-11(2)17;;/h5-8,11-12H,4,9-10,17H2,1-3H3,(H,18,21);2*1H. The Morgan fingerprint density at radius 3 is 2.57 bits per heavy atom. The summed E-state index contributed by atoms with van der Waals surface area (Å²) < 4.78 is 2.14. The molecule has 1 amide bonds. The van der Waals surface area contributed by atoms with Crippen molar-refractivity contribution in [3.8, 4) is 0 Å². The molecule has 5 nitrogen and oxygen atoms in total. The van der Waals surface area contributed by atoms with Crippen LogP contribution in [-0.2, 0) is 11.3 Å². The van der Waals surface area contributed by atoms with Gasteiger partial charge in [-0.05, 0) is 39.3 Å². The molecule has 0 aliphatic rings. The van der Waals surface area contributed by atoms with Gasteiger partial charge in [0.15, 0.2) is 0 Å². The minimum atomic E-state index is -0.113. The number of halogens is 2. The molecule has 2 atom stereocenters. The third-order valence-corrected chi connectivity index (χ3v) is 3.59. The fourth-order valence-electron chi connectivity index (χ4n) is 2.49. The maximum absolute atomic E-state index is 11.9. The largest absolute Gasteiger partial charge is 0.346 e. The first kappa shape index (κ1) is 21.7. The molecular weight excluding hydrogens is 335 g/mol. The minimum Gasteiger partial charge on any atom is -0.346 e. The Morgan fingerprint density at radius 2 is 1.96 bits per heavy atom. The molecule has 0 bridgehead atoms. The highest BCUT2D eigenvalue weighted by Crippen LogP contribution is 2.20. The van der Waals surface area contributed by atoms with Crippen molar-refractivity contribution in [1.29, 1.82) is 0 Å². The first-order valence-electron chi connectivity index (χ1n) is 7.53. The number of aryl methyl sites for hydroxylation is 1. The van der Waals surface area contributed by atoms with Crippen molar-refractivity contribution in [1.82, 2.24) is 14.9 Å². The second-order valence-electron chi connectivity index (χ2n) is 5.51. The van der Waals surface area contributed by atoms with Gasteiger partial charge in [0.1, 0.15) is 5.82 Å². The molecule has 0 aliphatic carbocycles. The molecule has 130 valence electrons. The number of imidazole rings is 1. The molecule has 0 aliphatic heterocycles. The molecule has 0 fully saturated rings. The molecule has 1 heterocycles. The average Bonchev–Trinajstić information content (AvgIpc) is 2.83. The molecule has 2 rings (SSSR count). The summed E-state index contributed by atoms with van der Waals surface area (Å²) in [6, 6.07) is 7.97. The van der Waals surface area contributed by atoms with Crippen LogP contribution in [0, 0.1) is 0 Å². The van der Waals surface area contributed by atoms with E-state index < -0.39 is 0 Å². The Kier molecular flexibility index (Phi) is 9.20. The summed E-state index contributed by atoms with van der Waals surface area (Å²) in [6.45, 7) is 6.79. The monoisotopic (exact) mass is 360 g/mol. The van der Waals surface area contributed by atoms with Crippen LogP contribution in [0.15, 0.2) is 24.3 Å². The summed E-state index contributed by atoms with van der Waals surface area (Å²) in [4.78, 5) is 16.6. The number of fused-ring (bicyclic) bond motifs is 1. The number of carbonyl (C=O) groups is 1. The van der Waals surface area contributed by atoms with E-state index in [1.54, 1.807) is 0 Å². The number of rotatable bonds is 6. The predicted octanol–water partition coefficient (Wildman–Crippen LogP) is 3.20. The van der Waals surface area contributed by atoms with Crippen LogP contribution >= 0.6 is 24.8 Å². The van der Waals surface area contributed by atoms with Crippen LogP contribution in [0.2, 0.25) is 0 Å². The van der Waals surface area contributed by atoms with E-state index in [4.69, 9.17) is 5.73 Å². The smallest absolute Gasteiger partial charge is 0.220 e. The topological polar surface area (TPSA) is 72.9 Å². The molecule has 0 saturated heterocycles. The van der Waals surface area contributed by atoms with Gasteiger partial charge in [-0.25, -0.2) is 4.98 Å². The lowest BCUT2D eigenvalue weighted by Crippen LogP contribution is -2.30. The van der Waals surface area contributed by atoms with E-state index in [9.17, 15) is 4.79 Å². The first-order valence-corrected chi connectivity index (χ1v) is 7.53. The SMILES string of the molecule is CCn1c(C(C)NC(=O)CCC(C)N)nc2ccccc21.Cl.Cl. The number of hydrogen-bond acceptors (Lipinski definition) is 3. The van der Waals surface area contributed by atoms with Gasteiger partial charge in [-0.15, -0.1) is 24.8 Å². The van der Waals surface area contributed by atoms with Crippen LogP contribution < -0.4 is 11.1 Å². The van der Waals surface area contributed by atoms with Gasteiger partial charge in [0.25, 0.3) is 0 Å². The highest BCUT2D eigenvalue weighted by molar-refractivity contribution is 5.85. The van der Waals surface area contributed by atoms with E-state index >= 15 is 0 Å². The summed E-state index contributed by atoms with van der Waals surface area (Å²) in [5.74, 6) is 0.919. The molecule has 1 aromatic heterocycles. The maximum atomic E-state index is 11.9. The number of para-hydroxylation sites is 2. The van der Waals surface area contributed by atoms with Crippen LogP contribution in [0.4, 0.5) is 0 Å². The third kappa shape index (κ3) is 5.37. The van der Waals surface area contributed by atoms with E-state index in [2.05, 4.69) is 27.9 Å². The minimum absolute atomic E-state index is 0. The molecule has 0 saturated carbocycles. The lowest BCUT2D eigenvalue weighted by molar-refractivity contribution is -0.121. The summed E-state index contributed by atoms with van der Waals surface area (Å²) in [7, 11) is 0. The fourth-order valence-corrected chi connectivity index (χ4v) is 2.49. The predicted molar refractivity (Wildman–Crippen MR) is 99.3 cm³/mol. The quantitative estimate of drug-likeness (QED) is 0.830. The Morgan fingerprint density at radius 1 is 1.30 bits per heavy atom. The Hall–Kier alpha value is -1.30. The number of nitrogens with zero attached hydrogens (tertiary/aromatic N) is 2. The summed E-state index contributed by atoms with van der Waals surface area (Å²) >= 11 is 0. The molecule has 3 N–H and O–H groups in total. The van der Waals surface area contributed by atoms with Gasteiger partial charge in [-0.3, -0.25) is 4.79 Å². The molecule has 7 heteroatoms. The summed E-state index contributed by atoms with van der Waals surface area (Å²) in [5, 5.41) is 3.01. The van der Waals surface area contributed by atoms with Crippen LogP contribution in [-0.4, -0.2) is 21.5 Å². The van der Waals surface area contributed by atoms with E-state index in [-0.39, 0.29) is 42.8 Å². The number of carbonyl (C=O) groups excluding carboxylic acids is 1. The van der Waals surface area contributed by atoms with E-state index in [1.165, 1.54) is 0 Å². The zero-order valence-electron chi connectivity index (χ0n) is 13.8. The molecule has 0 radical (unpaired) electrons. The summed E-state index contributed by atoms with van der Waals surface area (Å²) in [6.07, 6.45) is 1.15. The molecule has 0 spiro atoms. The van der Waals surface area contributed by atoms with Gasteiger partial charge >= 0.3 is 0 Å². The van der Waals surface area contributed by atoms with Crippen LogP contribution in [0.5, 0.6) is 0 Å². The van der Waals surface area contributed by atoms with Gasteiger partial charge in [0, 0.05) is 19.0 Å². The number of nitrogens with two attached hydrogens (primary N) is 1. The number of benzene rings is 1. The Labute approximate surface area is 149 Å². The van der Waals surface area contributed by atoms with Crippen LogP contribution in [0.1, 0.15) is 45.5 Å². The van der Waals surface area contributed by atoms with Crippen molar-refractivity contribution in [2.75, 3.05) is 0 Å². The lowest BCUT2D eigenvalue weighted by Gasteiger charge is -2.15.